The molecule has 1 atom stereocenters. The minimum absolute atomic E-state index is 0.103. The van der Waals surface area contributed by atoms with E-state index in [1.807, 2.05) is 20.8 Å². The monoisotopic (exact) mass is 361 g/mol. The van der Waals surface area contributed by atoms with Crippen molar-refractivity contribution >= 4 is 5.82 Å². The summed E-state index contributed by atoms with van der Waals surface area (Å²) in [5.74, 6) is -0.0238. The third-order valence-electron chi connectivity index (χ3n) is 3.42. The van der Waals surface area contributed by atoms with E-state index in [-0.39, 0.29) is 16.9 Å². The van der Waals surface area contributed by atoms with Crippen molar-refractivity contribution in [2.24, 2.45) is 0 Å². The SMILES string of the molecule is CC(C)(C)c1cc(N)n(-c2ccc3c(c2)OC(F)(F)C(F)O3)n1.CF. The Hall–Kier alpha value is -2.45. The molecule has 9 heteroatoms. The summed E-state index contributed by atoms with van der Waals surface area (Å²) in [5.41, 5.74) is 6.88. The zero-order valence-corrected chi connectivity index (χ0v) is 14.2. The minimum atomic E-state index is -4.04. The summed E-state index contributed by atoms with van der Waals surface area (Å²) in [6, 6.07) is 5.87. The van der Waals surface area contributed by atoms with Crippen LogP contribution in [0.2, 0.25) is 0 Å². The zero-order valence-electron chi connectivity index (χ0n) is 14.2. The number of fused-ring (bicyclic) bond motifs is 1. The maximum absolute atomic E-state index is 13.3. The molecule has 1 aromatic carbocycles. The summed E-state index contributed by atoms with van der Waals surface area (Å²) in [7, 11) is 0.500. The topological polar surface area (TPSA) is 62.3 Å². The van der Waals surface area contributed by atoms with Gasteiger partial charge in [-0.05, 0) is 12.1 Å². The number of ether oxygens (including phenoxy) is 2. The van der Waals surface area contributed by atoms with Gasteiger partial charge in [0.05, 0.1) is 18.6 Å². The highest BCUT2D eigenvalue weighted by Gasteiger charge is 2.49. The van der Waals surface area contributed by atoms with Crippen LogP contribution in [0.1, 0.15) is 26.5 Å². The van der Waals surface area contributed by atoms with Crippen LogP contribution < -0.4 is 15.2 Å². The first-order valence-electron chi connectivity index (χ1n) is 7.34. The average Bonchev–Trinajstić information content (AvgIpc) is 2.92. The van der Waals surface area contributed by atoms with Crippen molar-refractivity contribution in [2.75, 3.05) is 12.9 Å². The van der Waals surface area contributed by atoms with Crippen molar-refractivity contribution in [1.29, 1.82) is 0 Å². The van der Waals surface area contributed by atoms with E-state index < -0.39 is 12.5 Å². The molecule has 1 unspecified atom stereocenters. The van der Waals surface area contributed by atoms with Gasteiger partial charge in [0.2, 0.25) is 0 Å². The Morgan fingerprint density at radius 1 is 1.16 bits per heavy atom. The van der Waals surface area contributed by atoms with Crippen molar-refractivity contribution in [3.05, 3.63) is 30.0 Å². The highest BCUT2D eigenvalue weighted by Crippen LogP contribution is 2.41. The van der Waals surface area contributed by atoms with Crippen molar-refractivity contribution in [1.82, 2.24) is 9.78 Å². The molecule has 0 radical (unpaired) electrons. The summed E-state index contributed by atoms with van der Waals surface area (Å²) in [6.07, 6.45) is -6.89. The van der Waals surface area contributed by atoms with Crippen LogP contribution in [0.15, 0.2) is 24.3 Å². The second kappa shape index (κ2) is 6.45. The molecule has 0 aliphatic carbocycles. The molecule has 5 nitrogen and oxygen atoms in total. The number of nitrogen functional groups attached to an aromatic ring is 1. The molecular weight excluding hydrogens is 342 g/mol. The molecule has 2 aromatic rings. The quantitative estimate of drug-likeness (QED) is 0.780. The van der Waals surface area contributed by atoms with Crippen LogP contribution in [0.5, 0.6) is 11.5 Å². The summed E-state index contributed by atoms with van der Waals surface area (Å²) in [4.78, 5) is 0. The normalized spacial score (nSPS) is 18.3. The van der Waals surface area contributed by atoms with Gasteiger partial charge in [0.1, 0.15) is 5.82 Å². The van der Waals surface area contributed by atoms with E-state index >= 15 is 0 Å². The van der Waals surface area contributed by atoms with Crippen LogP contribution in [-0.4, -0.2) is 29.4 Å². The molecule has 0 amide bonds. The number of anilines is 1. The highest BCUT2D eigenvalue weighted by atomic mass is 19.3. The molecule has 3 rings (SSSR count). The standard InChI is InChI=1S/C15H16F3N3O2.CH3F/c1-14(2,3)11-7-12(19)21(20-11)8-4-5-9-10(6-8)23-15(17,18)13(16)22-9;1-2/h4-7,13H,19H2,1-3H3;1H3. The number of rotatable bonds is 1. The summed E-state index contributed by atoms with van der Waals surface area (Å²) in [5, 5.41) is 4.39. The van der Waals surface area contributed by atoms with Gasteiger partial charge in [-0.2, -0.15) is 18.3 Å². The van der Waals surface area contributed by atoms with Gasteiger partial charge >= 0.3 is 12.5 Å². The van der Waals surface area contributed by atoms with E-state index in [1.54, 1.807) is 6.07 Å². The van der Waals surface area contributed by atoms with Crippen molar-refractivity contribution in [2.45, 2.75) is 38.7 Å². The van der Waals surface area contributed by atoms with E-state index in [0.717, 1.165) is 5.69 Å². The van der Waals surface area contributed by atoms with Gasteiger partial charge in [0.25, 0.3) is 0 Å². The Morgan fingerprint density at radius 3 is 2.36 bits per heavy atom. The maximum Gasteiger partial charge on any atom is 0.468 e. The molecule has 2 N–H and O–H groups in total. The number of alkyl halides is 4. The molecule has 1 aromatic heterocycles. The van der Waals surface area contributed by atoms with Crippen molar-refractivity contribution in [3.63, 3.8) is 0 Å². The average molecular weight is 361 g/mol. The van der Waals surface area contributed by atoms with E-state index in [0.29, 0.717) is 18.7 Å². The van der Waals surface area contributed by atoms with Crippen molar-refractivity contribution in [3.8, 4) is 17.2 Å². The van der Waals surface area contributed by atoms with E-state index in [2.05, 4.69) is 14.6 Å². The van der Waals surface area contributed by atoms with Crippen LogP contribution >= 0.6 is 0 Å². The smallest absolute Gasteiger partial charge is 0.447 e. The summed E-state index contributed by atoms with van der Waals surface area (Å²) in [6.45, 7) is 5.93. The predicted octanol–water partition coefficient (Wildman–Crippen LogP) is 4.00. The van der Waals surface area contributed by atoms with Gasteiger partial charge in [-0.1, -0.05) is 20.8 Å². The van der Waals surface area contributed by atoms with Gasteiger partial charge < -0.3 is 15.2 Å². The number of hydrogen-bond acceptors (Lipinski definition) is 4. The van der Waals surface area contributed by atoms with E-state index in [4.69, 9.17) is 5.73 Å². The number of nitrogens with two attached hydrogens (primary N) is 1. The molecule has 0 bridgehead atoms. The maximum atomic E-state index is 13.3. The lowest BCUT2D eigenvalue weighted by Crippen LogP contribution is -2.43. The Kier molecular flexibility index (Phi) is 4.87. The molecule has 25 heavy (non-hydrogen) atoms. The van der Waals surface area contributed by atoms with Crippen LogP contribution in [-0.2, 0) is 5.41 Å². The van der Waals surface area contributed by atoms with Crippen LogP contribution in [0.25, 0.3) is 5.69 Å². The summed E-state index contributed by atoms with van der Waals surface area (Å²) >= 11 is 0. The Labute approximate surface area is 142 Å². The molecule has 2 heterocycles. The molecular formula is C16H19F4N3O2. The van der Waals surface area contributed by atoms with Gasteiger partial charge in [-0.3, -0.25) is 4.39 Å². The largest absolute Gasteiger partial charge is 0.468 e. The number of nitrogens with zero attached hydrogens (tertiary/aromatic N) is 2. The van der Waals surface area contributed by atoms with Crippen LogP contribution in [0.4, 0.5) is 23.4 Å². The molecule has 1 aliphatic heterocycles. The van der Waals surface area contributed by atoms with E-state index in [9.17, 15) is 17.6 Å². The fourth-order valence-electron chi connectivity index (χ4n) is 2.15. The first-order valence-corrected chi connectivity index (χ1v) is 7.34. The third-order valence-corrected chi connectivity index (χ3v) is 3.42. The van der Waals surface area contributed by atoms with Gasteiger partial charge in [-0.15, -0.1) is 0 Å². The van der Waals surface area contributed by atoms with Gasteiger partial charge in [-0.25, -0.2) is 4.68 Å². The lowest BCUT2D eigenvalue weighted by Gasteiger charge is -2.28. The number of hydrogen-bond donors (Lipinski definition) is 1. The number of benzene rings is 1. The molecule has 0 spiro atoms. The van der Waals surface area contributed by atoms with Gasteiger partial charge in [0.15, 0.2) is 11.5 Å². The van der Waals surface area contributed by atoms with Crippen LogP contribution in [0.3, 0.4) is 0 Å². The molecule has 0 fully saturated rings. The fraction of sp³-hybridized carbons (Fsp3) is 0.438. The second-order valence-corrected chi connectivity index (χ2v) is 6.35. The summed E-state index contributed by atoms with van der Waals surface area (Å²) < 4.78 is 59.5. The molecule has 0 saturated heterocycles. The zero-order chi connectivity index (χ0) is 19.0. The van der Waals surface area contributed by atoms with Crippen molar-refractivity contribution < 1.29 is 27.0 Å². The minimum Gasteiger partial charge on any atom is -0.447 e. The highest BCUT2D eigenvalue weighted by molar-refractivity contribution is 5.52. The molecule has 1 aliphatic rings. The lowest BCUT2D eigenvalue weighted by atomic mass is 9.92. The van der Waals surface area contributed by atoms with Gasteiger partial charge in [0, 0.05) is 17.5 Å². The Morgan fingerprint density at radius 2 is 1.80 bits per heavy atom. The first kappa shape index (κ1) is 18.9. The number of aromatic nitrogens is 2. The lowest BCUT2D eigenvalue weighted by molar-refractivity contribution is -0.281. The Balaban J connectivity index is 0.00000109. The third kappa shape index (κ3) is 3.64. The molecule has 0 saturated carbocycles. The molecule has 138 valence electrons. The van der Waals surface area contributed by atoms with Crippen LogP contribution in [0, 0.1) is 0 Å². The Bertz CT molecular complexity index is 756. The van der Waals surface area contributed by atoms with E-state index in [1.165, 1.54) is 22.9 Å². The fourth-order valence-corrected chi connectivity index (χ4v) is 2.15. The first-order chi connectivity index (χ1) is 11.6. The predicted molar refractivity (Wildman–Crippen MR) is 84.8 cm³/mol. The second-order valence-electron chi connectivity index (χ2n) is 6.35. The number of halogens is 4.